The fourth-order valence-electron chi connectivity index (χ4n) is 1.61. The Labute approximate surface area is 86.5 Å². The summed E-state index contributed by atoms with van der Waals surface area (Å²) in [6.45, 7) is 3.68. The summed E-state index contributed by atoms with van der Waals surface area (Å²) in [4.78, 5) is 10.8. The lowest BCUT2D eigenvalue weighted by Crippen LogP contribution is -1.80. The van der Waals surface area contributed by atoms with Gasteiger partial charge in [0.1, 0.15) is 11.3 Å². The van der Waals surface area contributed by atoms with Gasteiger partial charge in [-0.1, -0.05) is 11.6 Å². The van der Waals surface area contributed by atoms with Crippen LogP contribution >= 0.6 is 11.6 Å². The summed E-state index contributed by atoms with van der Waals surface area (Å²) >= 11 is 5.90. The maximum absolute atomic E-state index is 10.8. The lowest BCUT2D eigenvalue weighted by molar-refractivity contribution is 0.112. The van der Waals surface area contributed by atoms with Crippen molar-refractivity contribution >= 4 is 28.9 Å². The van der Waals surface area contributed by atoms with Crippen molar-refractivity contribution in [2.75, 3.05) is 0 Å². The minimum atomic E-state index is 0.589. The van der Waals surface area contributed by atoms with Gasteiger partial charge in [0.2, 0.25) is 0 Å². The second-order valence-corrected chi connectivity index (χ2v) is 3.73. The summed E-state index contributed by atoms with van der Waals surface area (Å²) in [7, 11) is 0. The highest BCUT2D eigenvalue weighted by molar-refractivity contribution is 6.31. The molecule has 0 aliphatic heterocycles. The highest BCUT2D eigenvalue weighted by atomic mass is 35.5. The first-order valence-electron chi connectivity index (χ1n) is 4.28. The third-order valence-corrected chi connectivity index (χ3v) is 2.50. The SMILES string of the molecule is Cc1oc2c(C)cc(Cl)cc2c1C=O. The summed E-state index contributed by atoms with van der Waals surface area (Å²) in [6, 6.07) is 3.57. The molecule has 0 radical (unpaired) electrons. The van der Waals surface area contributed by atoms with E-state index in [-0.39, 0.29) is 0 Å². The zero-order chi connectivity index (χ0) is 10.3. The molecule has 72 valence electrons. The molecule has 0 N–H and O–H groups in total. The van der Waals surface area contributed by atoms with Crippen molar-refractivity contribution in [2.24, 2.45) is 0 Å². The highest BCUT2D eigenvalue weighted by Gasteiger charge is 2.12. The molecule has 1 aromatic heterocycles. The molecule has 0 bridgehead atoms. The smallest absolute Gasteiger partial charge is 0.154 e. The number of aldehydes is 1. The van der Waals surface area contributed by atoms with Crippen LogP contribution < -0.4 is 0 Å². The van der Waals surface area contributed by atoms with E-state index in [0.717, 1.165) is 22.8 Å². The van der Waals surface area contributed by atoms with E-state index in [9.17, 15) is 4.79 Å². The second-order valence-electron chi connectivity index (χ2n) is 3.29. The number of fused-ring (bicyclic) bond motifs is 1. The van der Waals surface area contributed by atoms with Crippen molar-refractivity contribution in [1.29, 1.82) is 0 Å². The molecule has 0 atom stereocenters. The molecule has 0 spiro atoms. The molecule has 0 fully saturated rings. The molecule has 0 amide bonds. The molecule has 1 heterocycles. The van der Waals surface area contributed by atoms with Crippen LogP contribution in [0.3, 0.4) is 0 Å². The molecule has 1 aromatic carbocycles. The molecule has 2 aromatic rings. The predicted octanol–water partition coefficient (Wildman–Crippen LogP) is 3.52. The lowest BCUT2D eigenvalue weighted by atomic mass is 10.1. The topological polar surface area (TPSA) is 30.2 Å². The Morgan fingerprint density at radius 2 is 2.07 bits per heavy atom. The van der Waals surface area contributed by atoms with Crippen LogP contribution in [-0.2, 0) is 0 Å². The molecule has 14 heavy (non-hydrogen) atoms. The van der Waals surface area contributed by atoms with Crippen LogP contribution in [0.25, 0.3) is 11.0 Å². The van der Waals surface area contributed by atoms with Gasteiger partial charge < -0.3 is 4.42 Å². The van der Waals surface area contributed by atoms with Crippen LogP contribution in [0.2, 0.25) is 5.02 Å². The van der Waals surface area contributed by atoms with Crippen molar-refractivity contribution in [3.63, 3.8) is 0 Å². The fraction of sp³-hybridized carbons (Fsp3) is 0.182. The van der Waals surface area contributed by atoms with Gasteiger partial charge in [-0.25, -0.2) is 0 Å². The minimum Gasteiger partial charge on any atom is -0.460 e. The Morgan fingerprint density at radius 1 is 1.36 bits per heavy atom. The van der Waals surface area contributed by atoms with Gasteiger partial charge >= 0.3 is 0 Å². The number of hydrogen-bond acceptors (Lipinski definition) is 2. The number of hydrogen-bond donors (Lipinski definition) is 0. The van der Waals surface area contributed by atoms with Gasteiger partial charge in [0, 0.05) is 10.4 Å². The Kier molecular flexibility index (Phi) is 2.08. The van der Waals surface area contributed by atoms with Gasteiger partial charge in [-0.3, -0.25) is 4.79 Å². The predicted molar refractivity (Wildman–Crippen MR) is 56.1 cm³/mol. The van der Waals surface area contributed by atoms with E-state index in [2.05, 4.69) is 0 Å². The molecule has 2 nitrogen and oxygen atoms in total. The number of rotatable bonds is 1. The van der Waals surface area contributed by atoms with E-state index >= 15 is 0 Å². The van der Waals surface area contributed by atoms with Crippen LogP contribution in [0.4, 0.5) is 0 Å². The molecule has 0 aliphatic rings. The molecule has 2 rings (SSSR count). The molecule has 0 unspecified atom stereocenters. The van der Waals surface area contributed by atoms with E-state index in [0.29, 0.717) is 16.3 Å². The van der Waals surface area contributed by atoms with Gasteiger partial charge in [-0.15, -0.1) is 0 Å². The van der Waals surface area contributed by atoms with Gasteiger partial charge in [0.25, 0.3) is 0 Å². The van der Waals surface area contributed by atoms with Crippen LogP contribution in [-0.4, -0.2) is 6.29 Å². The van der Waals surface area contributed by atoms with Crippen LogP contribution in [0.15, 0.2) is 16.5 Å². The number of aryl methyl sites for hydroxylation is 2. The summed E-state index contributed by atoms with van der Waals surface area (Å²) in [5.41, 5.74) is 2.28. The van der Waals surface area contributed by atoms with Crippen LogP contribution in [0, 0.1) is 13.8 Å². The van der Waals surface area contributed by atoms with E-state index in [1.165, 1.54) is 0 Å². The van der Waals surface area contributed by atoms with Crippen molar-refractivity contribution in [1.82, 2.24) is 0 Å². The average molecular weight is 209 g/mol. The van der Waals surface area contributed by atoms with E-state index < -0.39 is 0 Å². The number of halogens is 1. The lowest BCUT2D eigenvalue weighted by Gasteiger charge is -1.95. The first-order valence-corrected chi connectivity index (χ1v) is 4.65. The van der Waals surface area contributed by atoms with Crippen molar-refractivity contribution < 1.29 is 9.21 Å². The first kappa shape index (κ1) is 9.28. The Balaban J connectivity index is 2.94. The van der Waals surface area contributed by atoms with E-state index in [4.69, 9.17) is 16.0 Å². The zero-order valence-electron chi connectivity index (χ0n) is 7.93. The van der Waals surface area contributed by atoms with Gasteiger partial charge in [-0.2, -0.15) is 0 Å². The Hall–Kier alpha value is -1.28. The summed E-state index contributed by atoms with van der Waals surface area (Å²) in [5.74, 6) is 0.639. The average Bonchev–Trinajstić information content (AvgIpc) is 2.41. The second kappa shape index (κ2) is 3.14. The molecular formula is C11H9ClO2. The quantitative estimate of drug-likeness (QED) is 0.672. The van der Waals surface area contributed by atoms with Crippen molar-refractivity contribution in [2.45, 2.75) is 13.8 Å². The third-order valence-electron chi connectivity index (χ3n) is 2.28. The fourth-order valence-corrected chi connectivity index (χ4v) is 1.88. The number of carbonyl (C=O) groups excluding carboxylic acids is 1. The van der Waals surface area contributed by atoms with Gasteiger partial charge in [-0.05, 0) is 31.5 Å². The number of benzene rings is 1. The number of carbonyl (C=O) groups is 1. The molecule has 0 saturated heterocycles. The largest absolute Gasteiger partial charge is 0.460 e. The maximum Gasteiger partial charge on any atom is 0.154 e. The van der Waals surface area contributed by atoms with Crippen molar-refractivity contribution in [3.05, 3.63) is 34.0 Å². The molecule has 0 saturated carbocycles. The normalized spacial score (nSPS) is 10.8. The maximum atomic E-state index is 10.8. The van der Waals surface area contributed by atoms with Crippen LogP contribution in [0.5, 0.6) is 0 Å². The van der Waals surface area contributed by atoms with Gasteiger partial charge in [0.05, 0.1) is 5.56 Å². The standard InChI is InChI=1S/C11H9ClO2/c1-6-3-8(12)4-9-10(5-13)7(2)14-11(6)9/h3-5H,1-2H3. The summed E-state index contributed by atoms with van der Waals surface area (Å²) in [6.07, 6.45) is 0.803. The number of furan rings is 1. The Morgan fingerprint density at radius 3 is 2.71 bits per heavy atom. The molecular weight excluding hydrogens is 200 g/mol. The monoisotopic (exact) mass is 208 g/mol. The minimum absolute atomic E-state index is 0.589. The summed E-state index contributed by atoms with van der Waals surface area (Å²) in [5, 5.41) is 1.42. The van der Waals surface area contributed by atoms with Crippen LogP contribution in [0.1, 0.15) is 21.7 Å². The van der Waals surface area contributed by atoms with E-state index in [1.807, 2.05) is 13.0 Å². The van der Waals surface area contributed by atoms with E-state index in [1.54, 1.807) is 13.0 Å². The van der Waals surface area contributed by atoms with Crippen molar-refractivity contribution in [3.8, 4) is 0 Å². The first-order chi connectivity index (χ1) is 6.63. The summed E-state index contributed by atoms with van der Waals surface area (Å²) < 4.78 is 5.49. The van der Waals surface area contributed by atoms with Gasteiger partial charge in [0.15, 0.2) is 6.29 Å². The third kappa shape index (κ3) is 1.23. The molecule has 0 aliphatic carbocycles. The Bertz CT molecular complexity index is 511. The highest BCUT2D eigenvalue weighted by Crippen LogP contribution is 2.29. The zero-order valence-corrected chi connectivity index (χ0v) is 8.68. The molecule has 3 heteroatoms.